The Morgan fingerprint density at radius 2 is 2.17 bits per heavy atom. The third kappa shape index (κ3) is 5.57. The lowest BCUT2D eigenvalue weighted by Crippen LogP contribution is -2.50. The average Bonchev–Trinajstić information content (AvgIpc) is 2.55. The number of nitrogens with zero attached hydrogens (tertiary/aromatic N) is 1. The molecule has 2 N–H and O–H groups in total. The Hall–Kier alpha value is -1.50. The molecule has 2 unspecified atom stereocenters. The molecule has 0 aliphatic carbocycles. The molecule has 1 heterocycles. The number of amides is 1. The number of likely N-dealkylation sites (tertiary alicyclic amines) is 1. The van der Waals surface area contributed by atoms with E-state index in [-0.39, 0.29) is 30.9 Å². The molecule has 1 fully saturated rings. The van der Waals surface area contributed by atoms with Gasteiger partial charge in [-0.2, -0.15) is 0 Å². The van der Waals surface area contributed by atoms with Gasteiger partial charge in [-0.3, -0.25) is 9.69 Å². The van der Waals surface area contributed by atoms with Gasteiger partial charge in [-0.05, 0) is 37.1 Å². The maximum absolute atomic E-state index is 13.0. The van der Waals surface area contributed by atoms with Crippen molar-refractivity contribution in [2.75, 3.05) is 26.8 Å². The lowest BCUT2D eigenvalue weighted by Gasteiger charge is -2.34. The fraction of sp³-hybridized carbons (Fsp3) is 0.588. The molecule has 1 saturated heterocycles. The van der Waals surface area contributed by atoms with E-state index in [1.165, 1.54) is 19.2 Å². The Bertz CT molecular complexity index is 495. The minimum atomic E-state index is -0.696. The van der Waals surface area contributed by atoms with Crippen molar-refractivity contribution in [3.05, 3.63) is 35.6 Å². The minimum Gasteiger partial charge on any atom is -0.389 e. The highest BCUT2D eigenvalue weighted by atomic mass is 19.1. The maximum Gasteiger partial charge on any atom is 0.237 e. The third-order valence-electron chi connectivity index (χ3n) is 4.09. The maximum atomic E-state index is 13.0. The van der Waals surface area contributed by atoms with Gasteiger partial charge in [-0.15, -0.1) is 0 Å². The number of rotatable bonds is 7. The number of hydrogen-bond donors (Lipinski definition) is 2. The fourth-order valence-electron chi connectivity index (χ4n) is 2.89. The predicted octanol–water partition coefficient (Wildman–Crippen LogP) is 1.30. The summed E-state index contributed by atoms with van der Waals surface area (Å²) >= 11 is 0. The van der Waals surface area contributed by atoms with Crippen molar-refractivity contribution in [1.29, 1.82) is 0 Å². The second kappa shape index (κ2) is 8.96. The number of piperidine rings is 1. The van der Waals surface area contributed by atoms with Crippen molar-refractivity contribution in [3.63, 3.8) is 0 Å². The molecule has 0 bridgehead atoms. The number of hydrogen-bond acceptors (Lipinski definition) is 4. The van der Waals surface area contributed by atoms with Gasteiger partial charge in [0.15, 0.2) is 0 Å². The van der Waals surface area contributed by atoms with E-state index in [0.29, 0.717) is 6.54 Å². The van der Waals surface area contributed by atoms with Crippen LogP contribution in [0.1, 0.15) is 24.8 Å². The first-order chi connectivity index (χ1) is 11.1. The number of carbonyl (C=O) groups is 1. The first-order valence-corrected chi connectivity index (χ1v) is 8.03. The van der Waals surface area contributed by atoms with Gasteiger partial charge in [0.1, 0.15) is 5.82 Å². The molecule has 0 saturated carbocycles. The van der Waals surface area contributed by atoms with Crippen molar-refractivity contribution in [3.8, 4) is 0 Å². The first-order valence-electron chi connectivity index (χ1n) is 8.03. The van der Waals surface area contributed by atoms with Crippen LogP contribution in [0, 0.1) is 5.82 Å². The van der Waals surface area contributed by atoms with Crippen LogP contribution in [-0.4, -0.2) is 54.9 Å². The van der Waals surface area contributed by atoms with Crippen LogP contribution in [0.25, 0.3) is 0 Å². The molecular weight excluding hydrogens is 299 g/mol. The van der Waals surface area contributed by atoms with Gasteiger partial charge in [0, 0.05) is 20.2 Å². The van der Waals surface area contributed by atoms with Crippen LogP contribution < -0.4 is 5.32 Å². The molecule has 128 valence electrons. The molecule has 1 aliphatic heterocycles. The number of methoxy groups -OCH3 is 1. The summed E-state index contributed by atoms with van der Waals surface area (Å²) in [6.07, 6.45) is 2.17. The largest absolute Gasteiger partial charge is 0.389 e. The SMILES string of the molecule is COCC(O)CNC(=O)C1CCCCN1Cc1ccc(F)cc1. The Morgan fingerprint density at radius 1 is 1.43 bits per heavy atom. The summed E-state index contributed by atoms with van der Waals surface area (Å²) in [6, 6.07) is 6.18. The number of aliphatic hydroxyl groups is 1. The Kier molecular flexibility index (Phi) is 6.95. The molecule has 1 aromatic carbocycles. The highest BCUT2D eigenvalue weighted by Crippen LogP contribution is 2.20. The zero-order valence-corrected chi connectivity index (χ0v) is 13.5. The summed E-state index contributed by atoms with van der Waals surface area (Å²) in [4.78, 5) is 14.5. The summed E-state index contributed by atoms with van der Waals surface area (Å²) in [7, 11) is 1.51. The van der Waals surface area contributed by atoms with Crippen molar-refractivity contribution < 1.29 is 19.0 Å². The van der Waals surface area contributed by atoms with E-state index < -0.39 is 6.10 Å². The molecule has 0 radical (unpaired) electrons. The second-order valence-corrected chi connectivity index (χ2v) is 5.96. The molecule has 0 spiro atoms. The molecule has 1 aliphatic rings. The molecule has 2 rings (SSSR count). The predicted molar refractivity (Wildman–Crippen MR) is 85.3 cm³/mol. The van der Waals surface area contributed by atoms with Crippen LogP contribution >= 0.6 is 0 Å². The molecule has 5 nitrogen and oxygen atoms in total. The van der Waals surface area contributed by atoms with Crippen molar-refractivity contribution in [2.45, 2.75) is 38.0 Å². The second-order valence-electron chi connectivity index (χ2n) is 5.96. The van der Waals surface area contributed by atoms with Crippen LogP contribution in [-0.2, 0) is 16.1 Å². The highest BCUT2D eigenvalue weighted by molar-refractivity contribution is 5.81. The molecular formula is C17H25FN2O3. The highest BCUT2D eigenvalue weighted by Gasteiger charge is 2.28. The van der Waals surface area contributed by atoms with E-state index in [1.54, 1.807) is 12.1 Å². The average molecular weight is 324 g/mol. The van der Waals surface area contributed by atoms with Crippen LogP contribution in [0.2, 0.25) is 0 Å². The number of halogens is 1. The van der Waals surface area contributed by atoms with E-state index in [1.807, 2.05) is 0 Å². The number of benzene rings is 1. The molecule has 1 amide bonds. The number of ether oxygens (including phenoxy) is 1. The fourth-order valence-corrected chi connectivity index (χ4v) is 2.89. The van der Waals surface area contributed by atoms with Gasteiger partial charge in [0.05, 0.1) is 18.8 Å². The third-order valence-corrected chi connectivity index (χ3v) is 4.09. The van der Waals surface area contributed by atoms with Crippen molar-refractivity contribution in [2.24, 2.45) is 0 Å². The first kappa shape index (κ1) is 17.8. The van der Waals surface area contributed by atoms with Crippen LogP contribution in [0.4, 0.5) is 4.39 Å². The zero-order chi connectivity index (χ0) is 16.7. The smallest absolute Gasteiger partial charge is 0.237 e. The number of aliphatic hydroxyl groups excluding tert-OH is 1. The van der Waals surface area contributed by atoms with Crippen molar-refractivity contribution >= 4 is 5.91 Å². The normalized spacial score (nSPS) is 20.2. The lowest BCUT2D eigenvalue weighted by atomic mass is 10.0. The zero-order valence-electron chi connectivity index (χ0n) is 13.5. The van der Waals surface area contributed by atoms with Gasteiger partial charge in [0.2, 0.25) is 5.91 Å². The lowest BCUT2D eigenvalue weighted by molar-refractivity contribution is -0.128. The summed E-state index contributed by atoms with van der Waals surface area (Å²) < 4.78 is 17.8. The molecule has 23 heavy (non-hydrogen) atoms. The Labute approximate surface area is 136 Å². The van der Waals surface area contributed by atoms with E-state index in [2.05, 4.69) is 10.2 Å². The Morgan fingerprint density at radius 3 is 2.87 bits per heavy atom. The van der Waals surface area contributed by atoms with Gasteiger partial charge >= 0.3 is 0 Å². The molecule has 2 atom stereocenters. The van der Waals surface area contributed by atoms with Crippen LogP contribution in [0.5, 0.6) is 0 Å². The van der Waals surface area contributed by atoms with Crippen LogP contribution in [0.15, 0.2) is 24.3 Å². The van der Waals surface area contributed by atoms with Crippen LogP contribution in [0.3, 0.4) is 0 Å². The standard InChI is InChI=1S/C17H25FN2O3/c1-23-12-15(21)10-19-17(22)16-4-2-3-9-20(16)11-13-5-7-14(18)8-6-13/h5-8,15-16,21H,2-4,9-12H2,1H3,(H,19,22). The quantitative estimate of drug-likeness (QED) is 0.794. The number of nitrogens with one attached hydrogen (secondary N) is 1. The summed E-state index contributed by atoms with van der Waals surface area (Å²) in [6.45, 7) is 1.85. The molecule has 1 aromatic rings. The van der Waals surface area contributed by atoms with E-state index >= 15 is 0 Å². The summed E-state index contributed by atoms with van der Waals surface area (Å²) in [5, 5.41) is 12.4. The molecule has 0 aromatic heterocycles. The van der Waals surface area contributed by atoms with Gasteiger partial charge in [-0.1, -0.05) is 18.6 Å². The van der Waals surface area contributed by atoms with Gasteiger partial charge in [0.25, 0.3) is 0 Å². The van der Waals surface area contributed by atoms with Gasteiger partial charge in [-0.25, -0.2) is 4.39 Å². The Balaban J connectivity index is 1.92. The number of carbonyl (C=O) groups excluding carboxylic acids is 1. The minimum absolute atomic E-state index is 0.0676. The summed E-state index contributed by atoms with van der Waals surface area (Å²) in [5.41, 5.74) is 0.991. The topological polar surface area (TPSA) is 61.8 Å². The summed E-state index contributed by atoms with van der Waals surface area (Å²) in [5.74, 6) is -0.323. The van der Waals surface area contributed by atoms with E-state index in [4.69, 9.17) is 4.74 Å². The van der Waals surface area contributed by atoms with E-state index in [9.17, 15) is 14.3 Å². The van der Waals surface area contributed by atoms with Gasteiger partial charge < -0.3 is 15.2 Å². The monoisotopic (exact) mass is 324 g/mol. The van der Waals surface area contributed by atoms with E-state index in [0.717, 1.165) is 31.4 Å². The van der Waals surface area contributed by atoms with Crippen molar-refractivity contribution in [1.82, 2.24) is 10.2 Å². The molecule has 6 heteroatoms.